The molecule has 1 aromatic heterocycles. The average molecular weight is 256 g/mol. The fourth-order valence-corrected chi connectivity index (χ4v) is 3.03. The zero-order chi connectivity index (χ0) is 13.2. The van der Waals surface area contributed by atoms with Crippen molar-refractivity contribution in [2.75, 3.05) is 0 Å². The molecule has 0 fully saturated rings. The Labute approximate surface area is 113 Å². The molecule has 0 aliphatic heterocycles. The van der Waals surface area contributed by atoms with Crippen molar-refractivity contribution in [3.8, 4) is 0 Å². The van der Waals surface area contributed by atoms with Gasteiger partial charge in [-0.05, 0) is 29.9 Å². The van der Waals surface area contributed by atoms with Crippen molar-refractivity contribution in [1.29, 1.82) is 0 Å². The van der Waals surface area contributed by atoms with Crippen molar-refractivity contribution in [3.05, 3.63) is 53.6 Å². The van der Waals surface area contributed by atoms with Gasteiger partial charge in [0.1, 0.15) is 5.82 Å². The van der Waals surface area contributed by atoms with E-state index in [-0.39, 0.29) is 6.04 Å². The first-order chi connectivity index (χ1) is 9.28. The monoisotopic (exact) mass is 256 g/mol. The largest absolute Gasteiger partial charge is 0.338 e. The van der Waals surface area contributed by atoms with Crippen molar-refractivity contribution < 1.29 is 0 Å². The molecule has 4 nitrogen and oxygen atoms in total. The van der Waals surface area contributed by atoms with Crippen LogP contribution in [-0.4, -0.2) is 15.6 Å². The molecule has 2 aromatic rings. The minimum atomic E-state index is 0.272. The Morgan fingerprint density at radius 2 is 2.05 bits per heavy atom. The summed E-state index contributed by atoms with van der Waals surface area (Å²) in [7, 11) is 2.03. The van der Waals surface area contributed by atoms with E-state index in [9.17, 15) is 0 Å². The quantitative estimate of drug-likeness (QED) is 0.638. The molecule has 1 atom stereocenters. The number of hydrogen-bond acceptors (Lipinski definition) is 3. The van der Waals surface area contributed by atoms with E-state index in [0.29, 0.717) is 5.92 Å². The van der Waals surface area contributed by atoms with Crippen molar-refractivity contribution >= 4 is 0 Å². The number of hydrazine groups is 1. The van der Waals surface area contributed by atoms with E-state index in [4.69, 9.17) is 5.84 Å². The van der Waals surface area contributed by atoms with Crippen molar-refractivity contribution in [1.82, 2.24) is 15.0 Å². The molecule has 19 heavy (non-hydrogen) atoms. The molecule has 0 radical (unpaired) electrons. The Bertz CT molecular complexity index is 536. The van der Waals surface area contributed by atoms with Crippen LogP contribution in [0.25, 0.3) is 0 Å². The maximum Gasteiger partial charge on any atom is 0.109 e. The molecular weight excluding hydrogens is 236 g/mol. The van der Waals surface area contributed by atoms with Gasteiger partial charge in [0.15, 0.2) is 0 Å². The third-order valence-electron chi connectivity index (χ3n) is 4.19. The number of nitrogens with zero attached hydrogens (tertiary/aromatic N) is 2. The number of nitrogens with two attached hydrogens (primary N) is 1. The summed E-state index contributed by atoms with van der Waals surface area (Å²) in [5.41, 5.74) is 5.92. The second kappa shape index (κ2) is 5.15. The van der Waals surface area contributed by atoms with Gasteiger partial charge in [0.05, 0.1) is 0 Å². The predicted molar refractivity (Wildman–Crippen MR) is 75.4 cm³/mol. The maximum atomic E-state index is 5.77. The standard InChI is InChI=1S/C15H20N4/c1-19-7-6-17-15(19)10-14(18-16)13-8-11-4-2-3-5-12(11)9-13/h2-7,13-14,18H,8-10,16H2,1H3. The first kappa shape index (κ1) is 12.4. The average Bonchev–Trinajstić information content (AvgIpc) is 3.02. The summed E-state index contributed by atoms with van der Waals surface area (Å²) < 4.78 is 2.06. The Hall–Kier alpha value is -1.65. The van der Waals surface area contributed by atoms with Gasteiger partial charge in [-0.3, -0.25) is 11.3 Å². The summed E-state index contributed by atoms with van der Waals surface area (Å²) in [6.45, 7) is 0. The fraction of sp³-hybridized carbons (Fsp3) is 0.400. The van der Waals surface area contributed by atoms with Crippen LogP contribution in [0.4, 0.5) is 0 Å². The molecule has 1 heterocycles. The van der Waals surface area contributed by atoms with Gasteiger partial charge in [0.25, 0.3) is 0 Å². The highest BCUT2D eigenvalue weighted by atomic mass is 15.2. The first-order valence-electron chi connectivity index (χ1n) is 6.77. The van der Waals surface area contributed by atoms with Gasteiger partial charge < -0.3 is 4.57 Å². The Kier molecular flexibility index (Phi) is 3.36. The molecule has 3 N–H and O–H groups in total. The molecule has 1 aliphatic carbocycles. The molecule has 3 rings (SSSR count). The number of rotatable bonds is 4. The van der Waals surface area contributed by atoms with Crippen molar-refractivity contribution in [2.24, 2.45) is 18.8 Å². The smallest absolute Gasteiger partial charge is 0.109 e. The number of aryl methyl sites for hydroxylation is 1. The lowest BCUT2D eigenvalue weighted by Crippen LogP contribution is -2.43. The lowest BCUT2D eigenvalue weighted by atomic mass is 9.94. The summed E-state index contributed by atoms with van der Waals surface area (Å²) in [6, 6.07) is 8.96. The minimum absolute atomic E-state index is 0.272. The molecule has 1 unspecified atom stereocenters. The third-order valence-corrected chi connectivity index (χ3v) is 4.19. The molecule has 1 aliphatic rings. The fourth-order valence-electron chi connectivity index (χ4n) is 3.03. The highest BCUT2D eigenvalue weighted by molar-refractivity contribution is 5.32. The first-order valence-corrected chi connectivity index (χ1v) is 6.77. The van der Waals surface area contributed by atoms with Crippen molar-refractivity contribution in [2.45, 2.75) is 25.3 Å². The van der Waals surface area contributed by atoms with E-state index in [1.54, 1.807) is 0 Å². The molecule has 0 bridgehead atoms. The highest BCUT2D eigenvalue weighted by Crippen LogP contribution is 2.29. The maximum absolute atomic E-state index is 5.77. The second-order valence-corrected chi connectivity index (χ2v) is 5.37. The van der Waals surface area contributed by atoms with Crippen LogP contribution in [0.3, 0.4) is 0 Å². The second-order valence-electron chi connectivity index (χ2n) is 5.37. The number of nitrogens with one attached hydrogen (secondary N) is 1. The molecule has 0 amide bonds. The summed E-state index contributed by atoms with van der Waals surface area (Å²) in [5.74, 6) is 7.40. The van der Waals surface area contributed by atoms with Gasteiger partial charge in [-0.25, -0.2) is 4.98 Å². The van der Waals surface area contributed by atoms with Gasteiger partial charge in [0, 0.05) is 31.9 Å². The SMILES string of the molecule is Cn1ccnc1CC(NN)C1Cc2ccccc2C1. The summed E-state index contributed by atoms with van der Waals surface area (Å²) >= 11 is 0. The number of imidazole rings is 1. The molecule has 0 saturated heterocycles. The minimum Gasteiger partial charge on any atom is -0.338 e. The van der Waals surface area contributed by atoms with Crippen LogP contribution in [-0.2, 0) is 26.3 Å². The predicted octanol–water partition coefficient (Wildman–Crippen LogP) is 1.21. The van der Waals surface area contributed by atoms with E-state index in [2.05, 4.69) is 39.2 Å². The van der Waals surface area contributed by atoms with E-state index in [0.717, 1.165) is 25.1 Å². The topological polar surface area (TPSA) is 55.9 Å². The summed E-state index contributed by atoms with van der Waals surface area (Å²) in [6.07, 6.45) is 6.90. The molecular formula is C15H20N4. The normalized spacial score (nSPS) is 16.5. The van der Waals surface area contributed by atoms with Crippen molar-refractivity contribution in [3.63, 3.8) is 0 Å². The molecule has 4 heteroatoms. The van der Waals surface area contributed by atoms with Crippen LogP contribution in [0.5, 0.6) is 0 Å². The van der Waals surface area contributed by atoms with E-state index in [1.807, 2.05) is 19.4 Å². The van der Waals surface area contributed by atoms with E-state index < -0.39 is 0 Å². The van der Waals surface area contributed by atoms with Crippen LogP contribution in [0, 0.1) is 5.92 Å². The zero-order valence-electron chi connectivity index (χ0n) is 11.2. The third kappa shape index (κ3) is 2.41. The Morgan fingerprint density at radius 3 is 2.58 bits per heavy atom. The van der Waals surface area contributed by atoms with Gasteiger partial charge in [-0.1, -0.05) is 24.3 Å². The molecule has 1 aromatic carbocycles. The van der Waals surface area contributed by atoms with Crippen LogP contribution in [0.1, 0.15) is 17.0 Å². The summed E-state index contributed by atoms with van der Waals surface area (Å²) in [4.78, 5) is 4.39. The lowest BCUT2D eigenvalue weighted by molar-refractivity contribution is 0.359. The Balaban J connectivity index is 1.73. The lowest BCUT2D eigenvalue weighted by Gasteiger charge is -2.22. The van der Waals surface area contributed by atoms with Crippen LogP contribution in [0.2, 0.25) is 0 Å². The van der Waals surface area contributed by atoms with Crippen LogP contribution < -0.4 is 11.3 Å². The molecule has 0 saturated carbocycles. The Morgan fingerprint density at radius 1 is 1.37 bits per heavy atom. The number of fused-ring (bicyclic) bond motifs is 1. The van der Waals surface area contributed by atoms with E-state index in [1.165, 1.54) is 11.1 Å². The highest BCUT2D eigenvalue weighted by Gasteiger charge is 2.28. The van der Waals surface area contributed by atoms with Gasteiger partial charge in [-0.15, -0.1) is 0 Å². The summed E-state index contributed by atoms with van der Waals surface area (Å²) in [5, 5.41) is 0. The molecule has 0 spiro atoms. The zero-order valence-corrected chi connectivity index (χ0v) is 11.2. The van der Waals surface area contributed by atoms with Crippen LogP contribution in [0.15, 0.2) is 36.7 Å². The number of benzene rings is 1. The number of aromatic nitrogens is 2. The van der Waals surface area contributed by atoms with Gasteiger partial charge >= 0.3 is 0 Å². The van der Waals surface area contributed by atoms with Crippen LogP contribution >= 0.6 is 0 Å². The molecule has 100 valence electrons. The van der Waals surface area contributed by atoms with Gasteiger partial charge in [0.2, 0.25) is 0 Å². The van der Waals surface area contributed by atoms with E-state index >= 15 is 0 Å². The number of hydrogen-bond donors (Lipinski definition) is 2. The van der Waals surface area contributed by atoms with Gasteiger partial charge in [-0.2, -0.15) is 0 Å².